The minimum absolute atomic E-state index is 0.205. The molecule has 8 heteroatoms. The van der Waals surface area contributed by atoms with Gasteiger partial charge in [0, 0.05) is 24.3 Å². The van der Waals surface area contributed by atoms with Crippen molar-refractivity contribution in [1.82, 2.24) is 9.80 Å². The Kier molecular flexibility index (Phi) is 6.86. The van der Waals surface area contributed by atoms with Crippen LogP contribution in [0.2, 0.25) is 0 Å². The molecule has 1 N–H and O–H groups in total. The molecule has 2 aromatic carbocycles. The zero-order valence-corrected chi connectivity index (χ0v) is 23.7. The van der Waals surface area contributed by atoms with Gasteiger partial charge in [0.25, 0.3) is 0 Å². The highest BCUT2D eigenvalue weighted by molar-refractivity contribution is 6.04. The highest BCUT2D eigenvalue weighted by atomic mass is 16.5. The summed E-state index contributed by atoms with van der Waals surface area (Å²) >= 11 is 0. The number of aliphatic hydroxyl groups excluding tert-OH is 1. The molecule has 8 nitrogen and oxygen atoms in total. The number of hydrogen-bond acceptors (Lipinski definition) is 5. The molecule has 0 saturated carbocycles. The van der Waals surface area contributed by atoms with Crippen molar-refractivity contribution in [3.63, 3.8) is 0 Å². The first-order valence-corrected chi connectivity index (χ1v) is 14.3. The average molecular weight is 556 g/mol. The zero-order valence-electron chi connectivity index (χ0n) is 23.7. The Hall–Kier alpha value is -3.75. The van der Waals surface area contributed by atoms with Gasteiger partial charge in [-0.15, -0.1) is 0 Å². The lowest BCUT2D eigenvalue weighted by Crippen LogP contribution is -2.61. The quantitative estimate of drug-likeness (QED) is 0.573. The van der Waals surface area contributed by atoms with Gasteiger partial charge in [-0.2, -0.15) is 0 Å². The fourth-order valence-corrected chi connectivity index (χ4v) is 7.05. The van der Waals surface area contributed by atoms with Crippen LogP contribution >= 0.6 is 0 Å². The van der Waals surface area contributed by atoms with E-state index in [4.69, 9.17) is 4.74 Å². The molecule has 2 aromatic rings. The molecule has 1 spiro atoms. The van der Waals surface area contributed by atoms with Crippen LogP contribution in [0.5, 0.6) is 0 Å². The first kappa shape index (κ1) is 27.4. The van der Waals surface area contributed by atoms with Crippen molar-refractivity contribution in [2.24, 2.45) is 11.8 Å². The number of para-hydroxylation sites is 1. The summed E-state index contributed by atoms with van der Waals surface area (Å²) in [6.07, 6.45) is 7.23. The summed E-state index contributed by atoms with van der Waals surface area (Å²) in [5.74, 6) is -2.50. The van der Waals surface area contributed by atoms with Gasteiger partial charge in [0.05, 0.1) is 30.6 Å². The van der Waals surface area contributed by atoms with Gasteiger partial charge in [0.15, 0.2) is 0 Å². The van der Waals surface area contributed by atoms with Crippen molar-refractivity contribution in [3.05, 3.63) is 90.5 Å². The Labute approximate surface area is 240 Å². The van der Waals surface area contributed by atoms with E-state index in [0.29, 0.717) is 19.5 Å². The second kappa shape index (κ2) is 10.3. The normalized spacial score (nSPS) is 30.1. The summed E-state index contributed by atoms with van der Waals surface area (Å²) in [6.45, 7) is 6.28. The van der Waals surface area contributed by atoms with Crippen LogP contribution in [0.3, 0.4) is 0 Å². The third kappa shape index (κ3) is 4.41. The molecule has 0 bridgehead atoms. The molecule has 4 aliphatic heterocycles. The number of hydrogen-bond donors (Lipinski definition) is 1. The molecule has 2 fully saturated rings. The van der Waals surface area contributed by atoms with E-state index in [1.54, 1.807) is 14.7 Å². The van der Waals surface area contributed by atoms with Crippen molar-refractivity contribution >= 4 is 23.4 Å². The fraction of sp³-hybridized carbons (Fsp3) is 0.424. The molecule has 6 atom stereocenters. The van der Waals surface area contributed by atoms with Gasteiger partial charge in [-0.1, -0.05) is 72.8 Å². The van der Waals surface area contributed by atoms with E-state index in [2.05, 4.69) is 0 Å². The SMILES string of the molecule is CC(C)(C)N1CC=C[C@]23O[C@H]4C=CCN(c5ccccc5)C(=O)[C@H]4[C@H]2C(=O)N([C@@H](CO)Cc2ccccc2)C3C1=O. The predicted octanol–water partition coefficient (Wildman–Crippen LogP) is 2.97. The molecule has 1 unspecified atom stereocenters. The lowest BCUT2D eigenvalue weighted by molar-refractivity contribution is -0.153. The van der Waals surface area contributed by atoms with Gasteiger partial charge in [0.2, 0.25) is 17.7 Å². The summed E-state index contributed by atoms with van der Waals surface area (Å²) in [7, 11) is 0. The summed E-state index contributed by atoms with van der Waals surface area (Å²) in [6, 6.07) is 17.3. The maximum Gasteiger partial charge on any atom is 0.249 e. The molecule has 0 radical (unpaired) electrons. The monoisotopic (exact) mass is 555 g/mol. The van der Waals surface area contributed by atoms with Crippen LogP contribution in [0.1, 0.15) is 26.3 Å². The summed E-state index contributed by atoms with van der Waals surface area (Å²) in [4.78, 5) is 48.4. The van der Waals surface area contributed by atoms with E-state index in [0.717, 1.165) is 11.3 Å². The number of nitrogens with zero attached hydrogens (tertiary/aromatic N) is 3. The highest BCUT2D eigenvalue weighted by Crippen LogP contribution is 2.54. The van der Waals surface area contributed by atoms with Gasteiger partial charge >= 0.3 is 0 Å². The molecule has 0 aromatic heterocycles. The van der Waals surface area contributed by atoms with E-state index in [9.17, 15) is 19.5 Å². The van der Waals surface area contributed by atoms with Crippen molar-refractivity contribution in [3.8, 4) is 0 Å². The Morgan fingerprint density at radius 2 is 1.61 bits per heavy atom. The molecule has 214 valence electrons. The van der Waals surface area contributed by atoms with E-state index in [1.807, 2.05) is 106 Å². The average Bonchev–Trinajstić information content (AvgIpc) is 3.27. The first-order valence-electron chi connectivity index (χ1n) is 14.3. The second-order valence-electron chi connectivity index (χ2n) is 12.3. The first-order chi connectivity index (χ1) is 19.7. The number of fused-ring (bicyclic) bond motifs is 2. The van der Waals surface area contributed by atoms with Gasteiger partial charge in [-0.05, 0) is 44.9 Å². The fourth-order valence-electron chi connectivity index (χ4n) is 7.05. The molecule has 6 rings (SSSR count). The van der Waals surface area contributed by atoms with Crippen LogP contribution in [0, 0.1) is 11.8 Å². The Bertz CT molecular complexity index is 1380. The van der Waals surface area contributed by atoms with Crippen LogP contribution in [0.4, 0.5) is 5.69 Å². The third-order valence-electron chi connectivity index (χ3n) is 8.89. The molecule has 3 amide bonds. The van der Waals surface area contributed by atoms with Crippen LogP contribution < -0.4 is 4.90 Å². The van der Waals surface area contributed by atoms with E-state index >= 15 is 0 Å². The Morgan fingerprint density at radius 3 is 2.27 bits per heavy atom. The lowest BCUT2D eigenvalue weighted by Gasteiger charge is -2.42. The van der Waals surface area contributed by atoms with Crippen molar-refractivity contribution in [2.75, 3.05) is 24.6 Å². The summed E-state index contributed by atoms with van der Waals surface area (Å²) < 4.78 is 6.76. The van der Waals surface area contributed by atoms with Crippen LogP contribution in [-0.4, -0.2) is 81.7 Å². The molecule has 0 aliphatic carbocycles. The van der Waals surface area contributed by atoms with Crippen LogP contribution in [0.25, 0.3) is 0 Å². The maximum atomic E-state index is 14.6. The smallest absolute Gasteiger partial charge is 0.249 e. The van der Waals surface area contributed by atoms with Gasteiger partial charge in [-0.3, -0.25) is 14.4 Å². The summed E-state index contributed by atoms with van der Waals surface area (Å²) in [5, 5.41) is 10.7. The minimum atomic E-state index is -1.34. The second-order valence-corrected chi connectivity index (χ2v) is 12.3. The molecule has 2 saturated heterocycles. The predicted molar refractivity (Wildman–Crippen MR) is 155 cm³/mol. The van der Waals surface area contributed by atoms with Crippen molar-refractivity contribution in [2.45, 2.75) is 56.5 Å². The zero-order chi connectivity index (χ0) is 28.9. The third-order valence-corrected chi connectivity index (χ3v) is 8.89. The van der Waals surface area contributed by atoms with Crippen LogP contribution in [-0.2, 0) is 25.5 Å². The van der Waals surface area contributed by atoms with Crippen LogP contribution in [0.15, 0.2) is 85.0 Å². The number of benzene rings is 2. The standard InChI is InChI=1S/C33H37N3O5/c1-32(2,3)35-19-11-17-33-27(26-25(41-33)16-10-18-34(29(26)38)23-14-8-5-9-15-23)30(39)36(28(33)31(35)40)24(21-37)20-22-12-6-4-7-13-22/h4-17,24-28,37H,18-21H2,1-3H3/t24-,25+,26-,27+,28?,33+/m1/s1. The highest BCUT2D eigenvalue weighted by Gasteiger charge is 2.72. The Morgan fingerprint density at radius 1 is 0.927 bits per heavy atom. The number of amides is 3. The minimum Gasteiger partial charge on any atom is -0.394 e. The lowest BCUT2D eigenvalue weighted by atomic mass is 9.77. The van der Waals surface area contributed by atoms with E-state index < -0.39 is 41.2 Å². The van der Waals surface area contributed by atoms with Gasteiger partial charge in [-0.25, -0.2) is 0 Å². The molecule has 4 heterocycles. The number of aliphatic hydroxyl groups is 1. The molecular formula is C33H37N3O5. The maximum absolute atomic E-state index is 14.6. The van der Waals surface area contributed by atoms with Crippen molar-refractivity contribution < 1.29 is 24.2 Å². The van der Waals surface area contributed by atoms with Gasteiger partial charge < -0.3 is 24.5 Å². The topological polar surface area (TPSA) is 90.4 Å². The number of carbonyl (C=O) groups is 3. The van der Waals surface area contributed by atoms with Crippen molar-refractivity contribution in [1.29, 1.82) is 0 Å². The largest absolute Gasteiger partial charge is 0.394 e. The number of carbonyl (C=O) groups excluding carboxylic acids is 3. The number of rotatable bonds is 5. The summed E-state index contributed by atoms with van der Waals surface area (Å²) in [5.41, 5.74) is -0.173. The number of likely N-dealkylation sites (tertiary alicyclic amines) is 1. The Balaban J connectivity index is 1.47. The number of ether oxygens (including phenoxy) is 1. The van der Waals surface area contributed by atoms with E-state index in [-0.39, 0.29) is 24.3 Å². The van der Waals surface area contributed by atoms with E-state index in [1.165, 1.54) is 0 Å². The molecular weight excluding hydrogens is 518 g/mol. The molecule has 41 heavy (non-hydrogen) atoms. The molecule has 4 aliphatic rings. The van der Waals surface area contributed by atoms with Gasteiger partial charge in [0.1, 0.15) is 11.6 Å². The number of anilines is 1.